The van der Waals surface area contributed by atoms with Crippen molar-refractivity contribution < 1.29 is 26.5 Å². The second kappa shape index (κ2) is 11.0. The van der Waals surface area contributed by atoms with Gasteiger partial charge >= 0.3 is 0 Å². The summed E-state index contributed by atoms with van der Waals surface area (Å²) in [5, 5.41) is 0. The van der Waals surface area contributed by atoms with Crippen LogP contribution in [0.3, 0.4) is 0 Å². The Labute approximate surface area is 158 Å². The summed E-state index contributed by atoms with van der Waals surface area (Å²) in [5.74, 6) is -0.498. The second-order valence-electron chi connectivity index (χ2n) is 6.80. The molecule has 0 saturated carbocycles. The number of hydrogen-bond donors (Lipinski definition) is 0. The van der Waals surface area contributed by atoms with E-state index in [1.54, 1.807) is 7.11 Å². The van der Waals surface area contributed by atoms with Gasteiger partial charge in [-0.3, -0.25) is 4.18 Å². The number of benzene rings is 1. The Balaban J connectivity index is 0.00000301. The zero-order valence-electron chi connectivity index (χ0n) is 17.0. The molecule has 26 heavy (non-hydrogen) atoms. The van der Waals surface area contributed by atoms with Crippen LogP contribution in [0, 0.1) is 5.82 Å². The molecule has 0 unspecified atom stereocenters. The van der Waals surface area contributed by atoms with Crippen LogP contribution in [0.15, 0.2) is 29.2 Å². The molecule has 152 valence electrons. The lowest BCUT2D eigenvalue weighted by Gasteiger charge is -2.28. The van der Waals surface area contributed by atoms with Crippen molar-refractivity contribution in [1.29, 1.82) is 0 Å². The van der Waals surface area contributed by atoms with Gasteiger partial charge in [0.1, 0.15) is 5.82 Å². The topological polar surface area (TPSA) is 61.8 Å². The average molecular weight is 393 g/mol. The highest BCUT2D eigenvalue weighted by Gasteiger charge is 2.23. The van der Waals surface area contributed by atoms with Crippen molar-refractivity contribution in [3.63, 3.8) is 0 Å². The van der Waals surface area contributed by atoms with E-state index in [9.17, 15) is 12.8 Å². The highest BCUT2D eigenvalue weighted by molar-refractivity contribution is 7.86. The van der Waals surface area contributed by atoms with E-state index in [1.807, 2.05) is 41.5 Å². The molecular weight excluding hydrogens is 359 g/mol. The lowest BCUT2D eigenvalue weighted by atomic mass is 10.0. The fourth-order valence-corrected chi connectivity index (χ4v) is 2.72. The van der Waals surface area contributed by atoms with Crippen LogP contribution in [0.4, 0.5) is 4.39 Å². The maximum atomic E-state index is 12.8. The summed E-state index contributed by atoms with van der Waals surface area (Å²) in [4.78, 5) is -0.0653. The molecule has 0 heterocycles. The summed E-state index contributed by atoms with van der Waals surface area (Å²) in [6.07, 6.45) is 1.13. The van der Waals surface area contributed by atoms with Crippen LogP contribution in [-0.2, 0) is 23.8 Å². The standard InChI is InChI=1S/C17H27FO5S.C2H6/c1-16(2,21-5)10-12-22-17(3,4)11-13-23-24(19,20)15-8-6-14(18)7-9-15;1-2/h6-9H,10-13H2,1-5H3;1-2H3. The Morgan fingerprint density at radius 3 is 1.92 bits per heavy atom. The summed E-state index contributed by atoms with van der Waals surface area (Å²) in [6.45, 7) is 12.2. The van der Waals surface area contributed by atoms with E-state index in [1.165, 1.54) is 12.1 Å². The molecule has 7 heteroatoms. The number of rotatable bonds is 10. The minimum Gasteiger partial charge on any atom is -0.379 e. The van der Waals surface area contributed by atoms with Crippen LogP contribution < -0.4 is 0 Å². The summed E-state index contributed by atoms with van der Waals surface area (Å²) in [6, 6.07) is 4.53. The van der Waals surface area contributed by atoms with Gasteiger partial charge in [-0.15, -0.1) is 0 Å². The first-order chi connectivity index (χ1) is 12.0. The van der Waals surface area contributed by atoms with Gasteiger partial charge in [0.05, 0.1) is 29.3 Å². The minimum absolute atomic E-state index is 0.0135. The van der Waals surface area contributed by atoms with Gasteiger partial charge in [-0.25, -0.2) is 4.39 Å². The average Bonchev–Trinajstić information content (AvgIpc) is 2.56. The zero-order chi connectivity index (χ0) is 20.4. The second-order valence-corrected chi connectivity index (χ2v) is 8.42. The third-order valence-corrected chi connectivity index (χ3v) is 5.12. The monoisotopic (exact) mass is 392 g/mol. The normalized spacial score (nSPS) is 12.5. The predicted octanol–water partition coefficient (Wildman–Crippen LogP) is 4.56. The minimum atomic E-state index is -3.89. The smallest absolute Gasteiger partial charge is 0.296 e. The molecule has 0 radical (unpaired) electrons. The number of methoxy groups -OCH3 is 1. The Morgan fingerprint density at radius 1 is 0.923 bits per heavy atom. The van der Waals surface area contributed by atoms with Crippen molar-refractivity contribution in [3.05, 3.63) is 30.1 Å². The third-order valence-electron chi connectivity index (χ3n) is 3.79. The van der Waals surface area contributed by atoms with Crippen molar-refractivity contribution in [2.75, 3.05) is 20.3 Å². The van der Waals surface area contributed by atoms with Gasteiger partial charge in [0, 0.05) is 13.5 Å². The van der Waals surface area contributed by atoms with Gasteiger partial charge < -0.3 is 9.47 Å². The first-order valence-corrected chi connectivity index (χ1v) is 10.2. The van der Waals surface area contributed by atoms with Gasteiger partial charge in [0.15, 0.2) is 0 Å². The lowest BCUT2D eigenvalue weighted by Crippen LogP contribution is -2.31. The number of halogens is 1. The fraction of sp³-hybridized carbons (Fsp3) is 0.684. The van der Waals surface area contributed by atoms with E-state index in [2.05, 4.69) is 0 Å². The largest absolute Gasteiger partial charge is 0.379 e. The molecule has 0 bridgehead atoms. The van der Waals surface area contributed by atoms with Crippen LogP contribution in [0.2, 0.25) is 0 Å². The highest BCUT2D eigenvalue weighted by Crippen LogP contribution is 2.20. The van der Waals surface area contributed by atoms with E-state index in [4.69, 9.17) is 13.7 Å². The summed E-state index contributed by atoms with van der Waals surface area (Å²) in [7, 11) is -2.24. The quantitative estimate of drug-likeness (QED) is 0.546. The van der Waals surface area contributed by atoms with Crippen LogP contribution in [0.1, 0.15) is 54.4 Å². The summed E-state index contributed by atoms with van der Waals surface area (Å²) < 4.78 is 53.0. The van der Waals surface area contributed by atoms with Gasteiger partial charge in [-0.05, 0) is 58.4 Å². The van der Waals surface area contributed by atoms with E-state index in [0.29, 0.717) is 13.0 Å². The van der Waals surface area contributed by atoms with Crippen molar-refractivity contribution in [1.82, 2.24) is 0 Å². The van der Waals surface area contributed by atoms with Crippen LogP contribution in [0.5, 0.6) is 0 Å². The van der Waals surface area contributed by atoms with Gasteiger partial charge in [-0.2, -0.15) is 8.42 Å². The van der Waals surface area contributed by atoms with Crippen molar-refractivity contribution in [2.45, 2.75) is 70.5 Å². The van der Waals surface area contributed by atoms with E-state index >= 15 is 0 Å². The van der Waals surface area contributed by atoms with Crippen LogP contribution in [-0.4, -0.2) is 39.9 Å². The maximum Gasteiger partial charge on any atom is 0.296 e. The van der Waals surface area contributed by atoms with E-state index in [-0.39, 0.29) is 17.1 Å². The predicted molar refractivity (Wildman–Crippen MR) is 101 cm³/mol. The van der Waals surface area contributed by atoms with Crippen LogP contribution >= 0.6 is 0 Å². The molecule has 0 aliphatic heterocycles. The molecule has 0 aromatic heterocycles. The van der Waals surface area contributed by atoms with Gasteiger partial charge in [-0.1, -0.05) is 13.8 Å². The molecule has 0 atom stereocenters. The third kappa shape index (κ3) is 9.62. The van der Waals surface area contributed by atoms with Crippen molar-refractivity contribution in [3.8, 4) is 0 Å². The molecule has 0 aliphatic carbocycles. The highest BCUT2D eigenvalue weighted by atomic mass is 32.2. The first-order valence-electron chi connectivity index (χ1n) is 8.82. The first kappa shape index (κ1) is 25.0. The molecular formula is C19H33FO5S. The van der Waals surface area contributed by atoms with E-state index < -0.39 is 21.5 Å². The lowest BCUT2D eigenvalue weighted by molar-refractivity contribution is -0.0645. The van der Waals surface area contributed by atoms with Crippen LogP contribution in [0.25, 0.3) is 0 Å². The molecule has 0 N–H and O–H groups in total. The molecule has 0 fully saturated rings. The SMILES string of the molecule is CC.COC(C)(C)CCOC(C)(C)CCOS(=O)(=O)c1ccc(F)cc1. The molecule has 5 nitrogen and oxygen atoms in total. The zero-order valence-corrected chi connectivity index (χ0v) is 17.8. The van der Waals surface area contributed by atoms with Crippen molar-refractivity contribution in [2.24, 2.45) is 0 Å². The molecule has 0 saturated heterocycles. The number of ether oxygens (including phenoxy) is 2. The maximum absolute atomic E-state index is 12.8. The molecule has 0 spiro atoms. The number of hydrogen-bond acceptors (Lipinski definition) is 5. The molecule has 0 amide bonds. The van der Waals surface area contributed by atoms with Gasteiger partial charge in [0.25, 0.3) is 10.1 Å². The fourth-order valence-electron chi connectivity index (χ4n) is 1.81. The Bertz CT molecular complexity index is 609. The summed E-state index contributed by atoms with van der Waals surface area (Å²) >= 11 is 0. The molecule has 0 aliphatic rings. The Morgan fingerprint density at radius 2 is 1.42 bits per heavy atom. The molecule has 1 aromatic carbocycles. The van der Waals surface area contributed by atoms with Gasteiger partial charge in [0.2, 0.25) is 0 Å². The molecule has 1 aromatic rings. The van der Waals surface area contributed by atoms with Crippen molar-refractivity contribution >= 4 is 10.1 Å². The summed E-state index contributed by atoms with van der Waals surface area (Å²) in [5.41, 5.74) is -0.791. The Kier molecular flexibility index (Phi) is 10.5. The molecule has 1 rings (SSSR count). The van der Waals surface area contributed by atoms with E-state index in [0.717, 1.165) is 18.6 Å². The Hall–Kier alpha value is -1.02.